The molecule has 2 heterocycles. The summed E-state index contributed by atoms with van der Waals surface area (Å²) in [4.78, 5) is 17.0. The van der Waals surface area contributed by atoms with Crippen molar-refractivity contribution in [2.45, 2.75) is 6.42 Å². The van der Waals surface area contributed by atoms with Crippen LogP contribution in [0.3, 0.4) is 0 Å². The Balaban J connectivity index is 1.54. The zero-order valence-corrected chi connectivity index (χ0v) is 14.8. The van der Waals surface area contributed by atoms with Crippen LogP contribution in [0.2, 0.25) is 5.02 Å². The van der Waals surface area contributed by atoms with E-state index in [4.69, 9.17) is 21.9 Å². The maximum absolute atomic E-state index is 6.00. The van der Waals surface area contributed by atoms with Gasteiger partial charge in [0.15, 0.2) is 5.82 Å². The molecule has 9 heteroatoms. The maximum Gasteiger partial charge on any atom is 0.257 e. The molecule has 0 saturated carbocycles. The van der Waals surface area contributed by atoms with Gasteiger partial charge < -0.3 is 15.6 Å². The van der Waals surface area contributed by atoms with E-state index in [-0.39, 0.29) is 12.4 Å². The Morgan fingerprint density at radius 2 is 1.78 bits per heavy atom. The number of aromatic nitrogens is 5. The topological polar surface area (TPSA) is 116 Å². The Morgan fingerprint density at radius 3 is 2.59 bits per heavy atom. The van der Waals surface area contributed by atoms with Crippen molar-refractivity contribution >= 4 is 29.2 Å². The summed E-state index contributed by atoms with van der Waals surface area (Å²) >= 11 is 6.00. The summed E-state index contributed by atoms with van der Waals surface area (Å²) in [6, 6.07) is 16.7. The van der Waals surface area contributed by atoms with Gasteiger partial charge in [-0.3, -0.25) is 0 Å². The fourth-order valence-electron chi connectivity index (χ4n) is 2.43. The molecule has 0 atom stereocenters. The highest BCUT2D eigenvalue weighted by Gasteiger charge is 2.13. The molecule has 0 radical (unpaired) electrons. The first kappa shape index (κ1) is 16.9. The van der Waals surface area contributed by atoms with E-state index in [1.54, 1.807) is 12.1 Å². The molecule has 0 saturated heterocycles. The molecule has 0 aliphatic carbocycles. The second-order valence-corrected chi connectivity index (χ2v) is 6.06. The molecule has 0 spiro atoms. The second kappa shape index (κ2) is 7.38. The van der Waals surface area contributed by atoms with Crippen LogP contribution >= 0.6 is 11.6 Å². The summed E-state index contributed by atoms with van der Waals surface area (Å²) in [5.41, 5.74) is 7.38. The van der Waals surface area contributed by atoms with E-state index in [0.717, 1.165) is 11.3 Å². The Kier molecular flexibility index (Phi) is 4.63. The van der Waals surface area contributed by atoms with Gasteiger partial charge in [-0.2, -0.15) is 19.9 Å². The minimum atomic E-state index is 0.108. The number of para-hydroxylation sites is 1. The number of nitrogen functional groups attached to an aromatic ring is 1. The van der Waals surface area contributed by atoms with Crippen molar-refractivity contribution in [2.24, 2.45) is 0 Å². The number of rotatable bonds is 5. The Labute approximate surface area is 159 Å². The third-order valence-electron chi connectivity index (χ3n) is 3.58. The van der Waals surface area contributed by atoms with Crippen LogP contribution in [0.4, 0.5) is 17.6 Å². The lowest BCUT2D eigenvalue weighted by Gasteiger charge is -2.06. The average molecular weight is 380 g/mol. The van der Waals surface area contributed by atoms with Crippen LogP contribution in [-0.2, 0) is 6.42 Å². The van der Waals surface area contributed by atoms with Gasteiger partial charge in [0.25, 0.3) is 5.89 Å². The second-order valence-electron chi connectivity index (χ2n) is 5.63. The number of hydrogen-bond acceptors (Lipinski definition) is 8. The van der Waals surface area contributed by atoms with Gasteiger partial charge in [-0.25, -0.2) is 0 Å². The zero-order valence-electron chi connectivity index (χ0n) is 14.0. The normalized spacial score (nSPS) is 10.7. The molecule has 0 aliphatic heterocycles. The van der Waals surface area contributed by atoms with Crippen molar-refractivity contribution in [1.82, 2.24) is 25.1 Å². The zero-order chi connectivity index (χ0) is 18.6. The van der Waals surface area contributed by atoms with Gasteiger partial charge in [0.05, 0.1) is 6.42 Å². The minimum absolute atomic E-state index is 0.108. The molecule has 8 nitrogen and oxygen atoms in total. The van der Waals surface area contributed by atoms with Gasteiger partial charge in [-0.1, -0.05) is 41.0 Å². The summed E-state index contributed by atoms with van der Waals surface area (Å²) in [7, 11) is 0. The predicted molar refractivity (Wildman–Crippen MR) is 102 cm³/mol. The van der Waals surface area contributed by atoms with Crippen LogP contribution in [0, 0.1) is 0 Å². The van der Waals surface area contributed by atoms with Gasteiger partial charge >= 0.3 is 0 Å². The number of hydrogen-bond donors (Lipinski definition) is 2. The molecule has 2 aromatic heterocycles. The highest BCUT2D eigenvalue weighted by molar-refractivity contribution is 6.30. The predicted octanol–water partition coefficient (Wildman–Crippen LogP) is 3.49. The summed E-state index contributed by atoms with van der Waals surface area (Å²) in [6.07, 6.45) is 0.250. The van der Waals surface area contributed by atoms with Crippen molar-refractivity contribution in [3.8, 4) is 11.5 Å². The largest absolute Gasteiger partial charge is 0.368 e. The van der Waals surface area contributed by atoms with Crippen molar-refractivity contribution in [1.29, 1.82) is 0 Å². The highest BCUT2D eigenvalue weighted by Crippen LogP contribution is 2.21. The third kappa shape index (κ3) is 4.18. The molecule has 0 amide bonds. The van der Waals surface area contributed by atoms with Gasteiger partial charge in [0, 0.05) is 16.3 Å². The van der Waals surface area contributed by atoms with Crippen LogP contribution in [-0.4, -0.2) is 25.1 Å². The van der Waals surface area contributed by atoms with Gasteiger partial charge in [0.1, 0.15) is 5.82 Å². The summed E-state index contributed by atoms with van der Waals surface area (Å²) in [5.74, 6) is 1.69. The molecule has 3 N–H and O–H groups in total. The summed E-state index contributed by atoms with van der Waals surface area (Å²) in [6.45, 7) is 0. The molecule has 2 aromatic carbocycles. The standard InChI is InChI=1S/C18H14ClN7O/c19-12-6-4-5-11(9-12)16-22-15(26-27-16)10-14-23-17(20)25-18(24-14)21-13-7-2-1-3-8-13/h1-9H,10H2,(H3,20,21,23,24,25). The molecule has 0 fully saturated rings. The van der Waals surface area contributed by atoms with Crippen LogP contribution in [0.25, 0.3) is 11.5 Å². The average Bonchev–Trinajstić information content (AvgIpc) is 3.10. The van der Waals surface area contributed by atoms with Gasteiger partial charge in [-0.05, 0) is 30.3 Å². The third-order valence-corrected chi connectivity index (χ3v) is 3.82. The first-order valence-corrected chi connectivity index (χ1v) is 8.44. The first-order valence-electron chi connectivity index (χ1n) is 8.07. The lowest BCUT2D eigenvalue weighted by molar-refractivity contribution is 0.423. The quantitative estimate of drug-likeness (QED) is 0.541. The molecule has 27 heavy (non-hydrogen) atoms. The number of nitrogens with zero attached hydrogens (tertiary/aromatic N) is 5. The summed E-state index contributed by atoms with van der Waals surface area (Å²) < 4.78 is 5.30. The van der Waals surface area contributed by atoms with E-state index in [2.05, 4.69) is 30.4 Å². The molecule has 0 aliphatic rings. The van der Waals surface area contributed by atoms with Crippen LogP contribution in [0.15, 0.2) is 59.1 Å². The highest BCUT2D eigenvalue weighted by atomic mass is 35.5. The number of nitrogens with one attached hydrogen (secondary N) is 1. The Morgan fingerprint density at radius 1 is 0.926 bits per heavy atom. The van der Waals surface area contributed by atoms with Crippen LogP contribution in [0.5, 0.6) is 0 Å². The van der Waals surface area contributed by atoms with Crippen molar-refractivity contribution in [3.05, 3.63) is 71.3 Å². The Hall–Kier alpha value is -3.52. The first-order chi connectivity index (χ1) is 13.2. The monoisotopic (exact) mass is 379 g/mol. The van der Waals surface area contributed by atoms with E-state index < -0.39 is 0 Å². The smallest absolute Gasteiger partial charge is 0.257 e. The number of nitrogens with two attached hydrogens (primary N) is 1. The van der Waals surface area contributed by atoms with E-state index in [1.807, 2.05) is 42.5 Å². The minimum Gasteiger partial charge on any atom is -0.368 e. The Bertz CT molecular complexity index is 1070. The lowest BCUT2D eigenvalue weighted by atomic mass is 10.2. The van der Waals surface area contributed by atoms with Crippen molar-refractivity contribution in [3.63, 3.8) is 0 Å². The molecular weight excluding hydrogens is 366 g/mol. The molecule has 0 unspecified atom stereocenters. The summed E-state index contributed by atoms with van der Waals surface area (Å²) in [5, 5.41) is 7.65. The van der Waals surface area contributed by atoms with Crippen LogP contribution < -0.4 is 11.1 Å². The number of halogens is 1. The van der Waals surface area contributed by atoms with E-state index in [1.165, 1.54) is 0 Å². The van der Waals surface area contributed by atoms with Crippen molar-refractivity contribution in [2.75, 3.05) is 11.1 Å². The fourth-order valence-corrected chi connectivity index (χ4v) is 2.62. The molecule has 4 rings (SSSR count). The molecule has 4 aromatic rings. The fraction of sp³-hybridized carbons (Fsp3) is 0.0556. The van der Waals surface area contributed by atoms with Crippen LogP contribution in [0.1, 0.15) is 11.6 Å². The number of anilines is 3. The van der Waals surface area contributed by atoms with Gasteiger partial charge in [0.2, 0.25) is 11.9 Å². The maximum atomic E-state index is 6.00. The van der Waals surface area contributed by atoms with Crippen molar-refractivity contribution < 1.29 is 4.52 Å². The SMILES string of the molecule is Nc1nc(Cc2noc(-c3cccc(Cl)c3)n2)nc(Nc2ccccc2)n1. The van der Waals surface area contributed by atoms with E-state index in [9.17, 15) is 0 Å². The van der Waals surface area contributed by atoms with Gasteiger partial charge in [-0.15, -0.1) is 0 Å². The van der Waals surface area contributed by atoms with E-state index in [0.29, 0.717) is 28.5 Å². The molecule has 134 valence electrons. The molecular formula is C18H14ClN7O. The number of benzene rings is 2. The lowest BCUT2D eigenvalue weighted by Crippen LogP contribution is -2.08. The molecule has 0 bridgehead atoms. The van der Waals surface area contributed by atoms with E-state index >= 15 is 0 Å².